The number of hydrogen-bond donors (Lipinski definition) is 0. The largest absolute Gasteiger partial charge is 0.303 e. The minimum absolute atomic E-state index is 0.0820. The third-order valence-corrected chi connectivity index (χ3v) is 3.99. The molecule has 0 saturated carbocycles. The maximum absolute atomic E-state index is 11.2. The van der Waals surface area contributed by atoms with Crippen molar-refractivity contribution in [1.29, 1.82) is 0 Å². The predicted molar refractivity (Wildman–Crippen MR) is 103 cm³/mol. The number of carbonyl (C=O) groups excluding carboxylic acids is 1. The molecule has 0 unspecified atom stereocenters. The van der Waals surface area contributed by atoms with E-state index in [1.54, 1.807) is 0 Å². The molecular formula is C18H27N3O7. The van der Waals surface area contributed by atoms with Crippen molar-refractivity contribution in [2.24, 2.45) is 0 Å². The highest BCUT2D eigenvalue weighted by molar-refractivity contribution is 5.48. The molecule has 10 heteroatoms. The highest BCUT2D eigenvalue weighted by Gasteiger charge is 2.17. The number of nitrogens with zero attached hydrogens (tertiary/aromatic N) is 3. The zero-order chi connectivity index (χ0) is 21.4. The molecule has 0 aromatic heterocycles. The van der Waals surface area contributed by atoms with E-state index in [1.165, 1.54) is 12.2 Å². The van der Waals surface area contributed by atoms with Crippen molar-refractivity contribution in [3.05, 3.63) is 65.7 Å². The Morgan fingerprint density at radius 3 is 1.71 bits per heavy atom. The van der Waals surface area contributed by atoms with Crippen molar-refractivity contribution in [3.63, 3.8) is 0 Å². The Morgan fingerprint density at radius 1 is 0.714 bits per heavy atom. The third kappa shape index (κ3) is 11.7. The van der Waals surface area contributed by atoms with Crippen molar-refractivity contribution in [3.8, 4) is 0 Å². The van der Waals surface area contributed by atoms with Gasteiger partial charge in [0.15, 0.2) is 0 Å². The average Bonchev–Trinajstić information content (AvgIpc) is 2.63. The molecule has 0 aliphatic rings. The van der Waals surface area contributed by atoms with Crippen LogP contribution >= 0.6 is 0 Å². The summed E-state index contributed by atoms with van der Waals surface area (Å²) < 4.78 is 0. The smallest absolute Gasteiger partial charge is 0.246 e. The number of hydrogen-bond acceptors (Lipinski definition) is 7. The number of aldehydes is 1. The van der Waals surface area contributed by atoms with Crippen molar-refractivity contribution in [1.82, 2.24) is 0 Å². The van der Waals surface area contributed by atoms with E-state index in [4.69, 9.17) is 0 Å². The molecule has 0 atom stereocenters. The van der Waals surface area contributed by atoms with Crippen LogP contribution in [0.3, 0.4) is 0 Å². The molecule has 0 spiro atoms. The highest BCUT2D eigenvalue weighted by atomic mass is 16.6. The van der Waals surface area contributed by atoms with Gasteiger partial charge in [0.2, 0.25) is 17.1 Å². The molecular weight excluding hydrogens is 370 g/mol. The van der Waals surface area contributed by atoms with E-state index in [1.807, 2.05) is 6.92 Å². The molecule has 156 valence electrons. The van der Waals surface area contributed by atoms with E-state index in [9.17, 15) is 35.1 Å². The van der Waals surface area contributed by atoms with Crippen molar-refractivity contribution in [2.45, 2.75) is 71.1 Å². The van der Waals surface area contributed by atoms with Crippen molar-refractivity contribution < 1.29 is 19.6 Å². The van der Waals surface area contributed by atoms with Crippen LogP contribution in [0.1, 0.15) is 71.1 Å². The van der Waals surface area contributed by atoms with Gasteiger partial charge in [-0.15, -0.1) is 0 Å². The number of carbonyl (C=O) groups is 1. The van der Waals surface area contributed by atoms with Gasteiger partial charge in [0.05, 0.1) is 27.6 Å². The molecule has 0 aliphatic heterocycles. The molecule has 28 heavy (non-hydrogen) atoms. The Kier molecular flexibility index (Phi) is 13.6. The number of rotatable bonds is 16. The first kappa shape index (κ1) is 25.1. The van der Waals surface area contributed by atoms with Crippen LogP contribution in [0.15, 0.2) is 35.3 Å². The summed E-state index contributed by atoms with van der Waals surface area (Å²) in [4.78, 5) is 41.7. The van der Waals surface area contributed by atoms with E-state index < -0.39 is 14.8 Å². The summed E-state index contributed by atoms with van der Waals surface area (Å²) in [6.45, 7) is 1.96. The van der Waals surface area contributed by atoms with Crippen molar-refractivity contribution >= 4 is 6.29 Å². The lowest BCUT2D eigenvalue weighted by atomic mass is 10.1. The van der Waals surface area contributed by atoms with Gasteiger partial charge in [-0.25, -0.2) is 0 Å². The predicted octanol–water partition coefficient (Wildman–Crippen LogP) is 4.59. The standard InChI is InChI=1S/C18H27N3O7/c1-2-3-6-9-16(19(23)24)11-13-18(21(27)28)14-12-17(20(25)26)10-7-4-5-8-15-22/h10-11,14-15H,2-9,12-13H2,1H3/b16-11+,17-10+,18-14+. The SMILES string of the molecule is CCCCC/C(=C\C/C(=C\C/C(=C\CCCCC=O)[N+](=O)[O-])[N+](=O)[O-])[N+](=O)[O-]. The van der Waals surface area contributed by atoms with Gasteiger partial charge in [0, 0.05) is 12.8 Å². The Labute approximate surface area is 163 Å². The highest BCUT2D eigenvalue weighted by Crippen LogP contribution is 2.16. The minimum Gasteiger partial charge on any atom is -0.303 e. The quantitative estimate of drug-likeness (QED) is 0.160. The number of nitro groups is 3. The maximum Gasteiger partial charge on any atom is 0.246 e. The summed E-state index contributed by atoms with van der Waals surface area (Å²) in [6.07, 6.45) is 8.58. The van der Waals surface area contributed by atoms with Crippen LogP contribution in [0.4, 0.5) is 0 Å². The van der Waals surface area contributed by atoms with Crippen LogP contribution in [0.2, 0.25) is 0 Å². The molecule has 0 saturated heterocycles. The lowest BCUT2D eigenvalue weighted by molar-refractivity contribution is -0.434. The van der Waals surface area contributed by atoms with Crippen LogP contribution in [0.5, 0.6) is 0 Å². The first-order valence-electron chi connectivity index (χ1n) is 9.27. The molecule has 0 rings (SSSR count). The lowest BCUT2D eigenvalue weighted by Gasteiger charge is -1.99. The van der Waals surface area contributed by atoms with E-state index in [2.05, 4.69) is 0 Å². The van der Waals surface area contributed by atoms with Gasteiger partial charge < -0.3 is 4.79 Å². The van der Waals surface area contributed by atoms with Crippen LogP contribution in [-0.4, -0.2) is 21.1 Å². The van der Waals surface area contributed by atoms with Gasteiger partial charge in [-0.3, -0.25) is 30.3 Å². The second kappa shape index (κ2) is 15.2. The van der Waals surface area contributed by atoms with Crippen LogP contribution < -0.4 is 0 Å². The normalized spacial score (nSPS) is 12.7. The molecule has 10 nitrogen and oxygen atoms in total. The van der Waals surface area contributed by atoms with E-state index in [-0.39, 0.29) is 36.4 Å². The van der Waals surface area contributed by atoms with E-state index in [0.717, 1.165) is 25.2 Å². The first-order valence-corrected chi connectivity index (χ1v) is 9.27. The second-order valence-electron chi connectivity index (χ2n) is 6.17. The fraction of sp³-hybridized carbons (Fsp3) is 0.611. The van der Waals surface area contributed by atoms with E-state index in [0.29, 0.717) is 32.1 Å². The van der Waals surface area contributed by atoms with E-state index >= 15 is 0 Å². The summed E-state index contributed by atoms with van der Waals surface area (Å²) in [5, 5.41) is 33.3. The zero-order valence-electron chi connectivity index (χ0n) is 16.1. The Hall–Kier alpha value is -2.91. The molecule has 0 aromatic rings. The first-order chi connectivity index (χ1) is 13.3. The summed E-state index contributed by atoms with van der Waals surface area (Å²) in [7, 11) is 0. The van der Waals surface area contributed by atoms with Crippen LogP contribution in [0, 0.1) is 30.3 Å². The van der Waals surface area contributed by atoms with Crippen LogP contribution in [-0.2, 0) is 4.79 Å². The van der Waals surface area contributed by atoms with Gasteiger partial charge in [-0.1, -0.05) is 19.8 Å². The second-order valence-corrected chi connectivity index (χ2v) is 6.17. The zero-order valence-corrected chi connectivity index (χ0v) is 16.1. The van der Waals surface area contributed by atoms with Gasteiger partial charge >= 0.3 is 0 Å². The Bertz CT molecular complexity index is 639. The summed E-state index contributed by atoms with van der Waals surface area (Å²) in [6, 6.07) is 0. The van der Waals surface area contributed by atoms with Gasteiger partial charge in [-0.05, 0) is 43.9 Å². The molecule has 0 fully saturated rings. The molecule has 0 amide bonds. The monoisotopic (exact) mass is 397 g/mol. The fourth-order valence-electron chi connectivity index (χ4n) is 2.37. The maximum atomic E-state index is 11.2. The number of allylic oxidation sites excluding steroid dienone is 4. The Balaban J connectivity index is 5.08. The van der Waals surface area contributed by atoms with Gasteiger partial charge in [0.25, 0.3) is 0 Å². The minimum atomic E-state index is -0.679. The molecule has 0 N–H and O–H groups in total. The number of unbranched alkanes of at least 4 members (excludes halogenated alkanes) is 5. The average molecular weight is 397 g/mol. The summed E-state index contributed by atoms with van der Waals surface area (Å²) in [5.74, 6) is 0. The molecule has 0 radical (unpaired) electrons. The topological polar surface area (TPSA) is 146 Å². The van der Waals surface area contributed by atoms with Crippen molar-refractivity contribution in [2.75, 3.05) is 0 Å². The van der Waals surface area contributed by atoms with Crippen LogP contribution in [0.25, 0.3) is 0 Å². The third-order valence-electron chi connectivity index (χ3n) is 3.99. The Morgan fingerprint density at radius 2 is 1.21 bits per heavy atom. The lowest BCUT2D eigenvalue weighted by Crippen LogP contribution is -2.03. The molecule has 0 aromatic carbocycles. The summed E-state index contributed by atoms with van der Waals surface area (Å²) in [5.41, 5.74) is -0.572. The van der Waals surface area contributed by atoms with Gasteiger partial charge in [-0.2, -0.15) is 0 Å². The molecule has 0 heterocycles. The van der Waals surface area contributed by atoms with Gasteiger partial charge in [0.1, 0.15) is 6.29 Å². The molecule has 0 bridgehead atoms. The summed E-state index contributed by atoms with van der Waals surface area (Å²) >= 11 is 0. The molecule has 0 aliphatic carbocycles. The fourth-order valence-corrected chi connectivity index (χ4v) is 2.37.